The lowest BCUT2D eigenvalue weighted by Crippen LogP contribution is -2.42. The lowest BCUT2D eigenvalue weighted by atomic mass is 9.97. The Morgan fingerprint density at radius 1 is 1.12 bits per heavy atom. The van der Waals surface area contributed by atoms with E-state index in [1.54, 1.807) is 42.5 Å². The van der Waals surface area contributed by atoms with Crippen molar-refractivity contribution in [1.82, 2.24) is 14.5 Å². The van der Waals surface area contributed by atoms with Crippen LogP contribution in [-0.2, 0) is 21.4 Å². The summed E-state index contributed by atoms with van der Waals surface area (Å²) in [5.74, 6) is -0.205. The van der Waals surface area contributed by atoms with Gasteiger partial charge < -0.3 is 15.0 Å². The maximum Gasteiger partial charge on any atom is 0.243 e. The third kappa shape index (κ3) is 6.27. The molecule has 1 amide bonds. The molecule has 1 aliphatic heterocycles. The van der Waals surface area contributed by atoms with E-state index in [0.29, 0.717) is 30.8 Å². The second-order valence-corrected chi connectivity index (χ2v) is 10.0. The number of hydrogen-bond donors (Lipinski definition) is 1. The van der Waals surface area contributed by atoms with Crippen LogP contribution in [0.2, 0.25) is 0 Å². The summed E-state index contributed by atoms with van der Waals surface area (Å²) in [6.45, 7) is 1.93. The van der Waals surface area contributed by atoms with E-state index in [4.69, 9.17) is 4.74 Å². The van der Waals surface area contributed by atoms with Crippen molar-refractivity contribution in [2.45, 2.75) is 24.3 Å². The van der Waals surface area contributed by atoms with Crippen LogP contribution in [0.25, 0.3) is 0 Å². The van der Waals surface area contributed by atoms with Crippen LogP contribution < -0.4 is 10.1 Å². The van der Waals surface area contributed by atoms with Crippen LogP contribution in [0, 0.1) is 11.7 Å². The SMILES string of the molecule is CN(C)CCOc1ccc(S(=O)(=O)N2CCC(C(=O)NCc3ccccc3F)CC2)cc1. The number of hydrogen-bond acceptors (Lipinski definition) is 5. The first-order valence-corrected chi connectivity index (χ1v) is 12.1. The van der Waals surface area contributed by atoms with Crippen molar-refractivity contribution in [3.05, 3.63) is 59.9 Å². The number of carbonyl (C=O) groups excluding carboxylic acids is 1. The van der Waals surface area contributed by atoms with Gasteiger partial charge in [-0.2, -0.15) is 4.31 Å². The van der Waals surface area contributed by atoms with E-state index in [0.717, 1.165) is 6.54 Å². The molecule has 1 N–H and O–H groups in total. The van der Waals surface area contributed by atoms with Crippen LogP contribution in [0.1, 0.15) is 18.4 Å². The van der Waals surface area contributed by atoms with Crippen LogP contribution in [0.4, 0.5) is 4.39 Å². The number of benzene rings is 2. The monoisotopic (exact) mass is 463 g/mol. The number of rotatable bonds is 9. The number of piperidine rings is 1. The highest BCUT2D eigenvalue weighted by atomic mass is 32.2. The second-order valence-electron chi connectivity index (χ2n) is 8.11. The van der Waals surface area contributed by atoms with Gasteiger partial charge in [-0.05, 0) is 57.3 Å². The Morgan fingerprint density at radius 3 is 2.41 bits per heavy atom. The summed E-state index contributed by atoms with van der Waals surface area (Å²) >= 11 is 0. The molecule has 0 aliphatic carbocycles. The fourth-order valence-corrected chi connectivity index (χ4v) is 5.00. The molecule has 0 aromatic heterocycles. The van der Waals surface area contributed by atoms with Crippen LogP contribution in [-0.4, -0.2) is 63.9 Å². The van der Waals surface area contributed by atoms with Gasteiger partial charge in [-0.25, -0.2) is 12.8 Å². The van der Waals surface area contributed by atoms with Gasteiger partial charge in [0.25, 0.3) is 0 Å². The Morgan fingerprint density at radius 2 is 1.78 bits per heavy atom. The fraction of sp³-hybridized carbons (Fsp3) is 0.435. The molecule has 174 valence electrons. The first-order valence-electron chi connectivity index (χ1n) is 10.7. The van der Waals surface area contributed by atoms with Gasteiger partial charge in [0.1, 0.15) is 18.2 Å². The number of nitrogens with zero attached hydrogens (tertiary/aromatic N) is 2. The average molecular weight is 464 g/mol. The molecular weight excluding hydrogens is 433 g/mol. The van der Waals surface area contributed by atoms with Gasteiger partial charge in [0.15, 0.2) is 0 Å². The van der Waals surface area contributed by atoms with Crippen molar-refractivity contribution in [3.8, 4) is 5.75 Å². The minimum Gasteiger partial charge on any atom is -0.492 e. The molecule has 1 aliphatic rings. The molecule has 1 heterocycles. The third-order valence-corrected chi connectivity index (χ3v) is 7.42. The minimum atomic E-state index is -3.63. The molecule has 32 heavy (non-hydrogen) atoms. The summed E-state index contributed by atoms with van der Waals surface area (Å²) in [4.78, 5) is 14.7. The Bertz CT molecular complexity index is 1000. The van der Waals surface area contributed by atoms with E-state index < -0.39 is 10.0 Å². The van der Waals surface area contributed by atoms with Crippen molar-refractivity contribution < 1.29 is 22.3 Å². The molecule has 9 heteroatoms. The molecular formula is C23H30FN3O4S. The maximum absolute atomic E-state index is 13.7. The molecule has 0 saturated carbocycles. The zero-order valence-corrected chi connectivity index (χ0v) is 19.3. The lowest BCUT2D eigenvalue weighted by Gasteiger charge is -2.30. The van der Waals surface area contributed by atoms with Crippen LogP contribution in [0.3, 0.4) is 0 Å². The molecule has 2 aromatic carbocycles. The minimum absolute atomic E-state index is 0.118. The van der Waals surface area contributed by atoms with Crippen LogP contribution in [0.15, 0.2) is 53.4 Å². The molecule has 3 rings (SSSR count). The zero-order valence-electron chi connectivity index (χ0n) is 18.5. The Balaban J connectivity index is 1.51. The predicted octanol–water partition coefficient (Wildman–Crippen LogP) is 2.48. The smallest absolute Gasteiger partial charge is 0.243 e. The Hall–Kier alpha value is -2.49. The molecule has 0 unspecified atom stereocenters. The predicted molar refractivity (Wildman–Crippen MR) is 120 cm³/mol. The number of amides is 1. The number of nitrogens with one attached hydrogen (secondary N) is 1. The summed E-state index contributed by atoms with van der Waals surface area (Å²) < 4.78 is 46.7. The van der Waals surface area contributed by atoms with Gasteiger partial charge >= 0.3 is 0 Å². The van der Waals surface area contributed by atoms with E-state index in [-0.39, 0.29) is 42.2 Å². The summed E-state index contributed by atoms with van der Waals surface area (Å²) in [6.07, 6.45) is 0.849. The third-order valence-electron chi connectivity index (χ3n) is 5.50. The highest BCUT2D eigenvalue weighted by molar-refractivity contribution is 7.89. The number of halogens is 1. The van der Waals surface area contributed by atoms with E-state index in [9.17, 15) is 17.6 Å². The zero-order chi connectivity index (χ0) is 23.1. The van der Waals surface area contributed by atoms with Gasteiger partial charge in [-0.15, -0.1) is 0 Å². The number of likely N-dealkylation sites (N-methyl/N-ethyl adjacent to an activating group) is 1. The van der Waals surface area contributed by atoms with Gasteiger partial charge in [0.2, 0.25) is 15.9 Å². The first-order chi connectivity index (χ1) is 15.3. The van der Waals surface area contributed by atoms with Crippen molar-refractivity contribution in [3.63, 3.8) is 0 Å². The van der Waals surface area contributed by atoms with Crippen LogP contribution in [0.5, 0.6) is 5.75 Å². The van der Waals surface area contributed by atoms with Gasteiger partial charge in [0.05, 0.1) is 4.90 Å². The lowest BCUT2D eigenvalue weighted by molar-refractivity contribution is -0.126. The van der Waals surface area contributed by atoms with Crippen molar-refractivity contribution in [2.24, 2.45) is 5.92 Å². The highest BCUT2D eigenvalue weighted by Crippen LogP contribution is 2.25. The summed E-state index contributed by atoms with van der Waals surface area (Å²) in [5.41, 5.74) is 0.426. The van der Waals surface area contributed by atoms with E-state index >= 15 is 0 Å². The second kappa shape index (κ2) is 10.9. The number of sulfonamides is 1. The standard InChI is InChI=1S/C23H30FN3O4S/c1-26(2)15-16-31-20-7-9-21(10-8-20)32(29,30)27-13-11-18(12-14-27)23(28)25-17-19-5-3-4-6-22(19)24/h3-10,18H,11-17H2,1-2H3,(H,25,28). The van der Waals surface area contributed by atoms with Gasteiger partial charge in [0, 0.05) is 37.7 Å². The molecule has 0 bridgehead atoms. The molecule has 0 radical (unpaired) electrons. The number of ether oxygens (including phenoxy) is 1. The first kappa shape index (κ1) is 24.2. The van der Waals surface area contributed by atoms with Crippen molar-refractivity contribution in [2.75, 3.05) is 40.3 Å². The van der Waals surface area contributed by atoms with E-state index in [2.05, 4.69) is 5.32 Å². The molecule has 1 fully saturated rings. The quantitative estimate of drug-likeness (QED) is 0.618. The normalized spacial score (nSPS) is 15.6. The summed E-state index contributed by atoms with van der Waals surface area (Å²) in [6, 6.07) is 12.7. The van der Waals surface area contributed by atoms with Crippen LogP contribution >= 0.6 is 0 Å². The molecule has 1 saturated heterocycles. The van der Waals surface area contributed by atoms with Crippen molar-refractivity contribution >= 4 is 15.9 Å². The largest absolute Gasteiger partial charge is 0.492 e. The van der Waals surface area contributed by atoms with E-state index in [1.807, 2.05) is 19.0 Å². The Labute approximate surface area is 189 Å². The fourth-order valence-electron chi connectivity index (χ4n) is 3.53. The maximum atomic E-state index is 13.7. The Kier molecular flexibility index (Phi) is 8.22. The summed E-state index contributed by atoms with van der Waals surface area (Å²) in [7, 11) is 0.272. The van der Waals surface area contributed by atoms with Crippen molar-refractivity contribution in [1.29, 1.82) is 0 Å². The average Bonchev–Trinajstić information content (AvgIpc) is 2.78. The molecule has 2 aromatic rings. The molecule has 0 atom stereocenters. The highest BCUT2D eigenvalue weighted by Gasteiger charge is 2.32. The van der Waals surface area contributed by atoms with E-state index in [1.165, 1.54) is 10.4 Å². The summed E-state index contributed by atoms with van der Waals surface area (Å²) in [5, 5.41) is 2.76. The van der Waals surface area contributed by atoms with Gasteiger partial charge in [-0.3, -0.25) is 4.79 Å². The molecule has 0 spiro atoms. The number of carbonyl (C=O) groups is 1. The topological polar surface area (TPSA) is 79.0 Å². The molecule has 7 nitrogen and oxygen atoms in total. The van der Waals surface area contributed by atoms with Gasteiger partial charge in [-0.1, -0.05) is 18.2 Å².